The van der Waals surface area contributed by atoms with Crippen LogP contribution in [0.15, 0.2) is 18.2 Å². The van der Waals surface area contributed by atoms with Crippen molar-refractivity contribution in [2.75, 3.05) is 12.4 Å². The molecule has 2 amide bonds. The number of rotatable bonds is 4. The minimum Gasteiger partial charge on any atom is -0.378 e. The van der Waals surface area contributed by atoms with Crippen LogP contribution in [0.2, 0.25) is 0 Å². The standard InChI is InChI=1S/C15H15N5O2/c1-20-14(21)10-5-4-9(6-11(10)15(20)22)16-7-12-17-13(19-18-12)8-2-3-8/h4-6,8,16H,2-3,7H2,1H3,(H,17,18,19). The van der Waals surface area contributed by atoms with Crippen molar-refractivity contribution in [2.24, 2.45) is 0 Å². The number of anilines is 1. The van der Waals surface area contributed by atoms with E-state index in [1.165, 1.54) is 19.9 Å². The summed E-state index contributed by atoms with van der Waals surface area (Å²) in [7, 11) is 1.49. The van der Waals surface area contributed by atoms with Gasteiger partial charge in [0.15, 0.2) is 5.82 Å². The molecule has 0 radical (unpaired) electrons. The molecule has 2 aliphatic rings. The van der Waals surface area contributed by atoms with E-state index in [1.54, 1.807) is 18.2 Å². The number of imide groups is 1. The minimum absolute atomic E-state index is 0.254. The third kappa shape index (κ3) is 2.05. The Morgan fingerprint density at radius 1 is 1.27 bits per heavy atom. The van der Waals surface area contributed by atoms with Crippen molar-refractivity contribution in [3.8, 4) is 0 Å². The number of aromatic nitrogens is 3. The van der Waals surface area contributed by atoms with Gasteiger partial charge < -0.3 is 5.32 Å². The molecule has 2 heterocycles. The van der Waals surface area contributed by atoms with Gasteiger partial charge in [-0.25, -0.2) is 4.98 Å². The summed E-state index contributed by atoms with van der Waals surface area (Å²) in [6.45, 7) is 0.497. The van der Waals surface area contributed by atoms with E-state index >= 15 is 0 Å². The van der Waals surface area contributed by atoms with Gasteiger partial charge >= 0.3 is 0 Å². The molecule has 0 saturated heterocycles. The number of amides is 2. The van der Waals surface area contributed by atoms with Gasteiger partial charge in [-0.05, 0) is 31.0 Å². The predicted octanol–water partition coefficient (Wildman–Crippen LogP) is 1.52. The van der Waals surface area contributed by atoms with Crippen LogP contribution in [0.3, 0.4) is 0 Å². The molecule has 0 bridgehead atoms. The fourth-order valence-electron chi connectivity index (χ4n) is 2.57. The second kappa shape index (κ2) is 4.66. The lowest BCUT2D eigenvalue weighted by molar-refractivity contribution is 0.0693. The number of H-pyrrole nitrogens is 1. The van der Waals surface area contributed by atoms with Crippen molar-refractivity contribution in [2.45, 2.75) is 25.3 Å². The van der Waals surface area contributed by atoms with Crippen LogP contribution in [0.5, 0.6) is 0 Å². The molecule has 0 spiro atoms. The van der Waals surface area contributed by atoms with Gasteiger partial charge in [0.25, 0.3) is 11.8 Å². The molecule has 1 saturated carbocycles. The first-order valence-corrected chi connectivity index (χ1v) is 7.25. The summed E-state index contributed by atoms with van der Waals surface area (Å²) in [4.78, 5) is 29.4. The zero-order chi connectivity index (χ0) is 15.3. The molecule has 0 atom stereocenters. The Balaban J connectivity index is 1.49. The molecular weight excluding hydrogens is 282 g/mol. The molecule has 1 fully saturated rings. The number of carbonyl (C=O) groups is 2. The monoisotopic (exact) mass is 297 g/mol. The lowest BCUT2D eigenvalue weighted by Gasteiger charge is -2.05. The third-order valence-corrected chi connectivity index (χ3v) is 4.04. The summed E-state index contributed by atoms with van der Waals surface area (Å²) in [6, 6.07) is 5.18. The molecular formula is C15H15N5O2. The van der Waals surface area contributed by atoms with Crippen molar-refractivity contribution in [1.82, 2.24) is 20.1 Å². The Kier molecular flexibility index (Phi) is 2.75. The van der Waals surface area contributed by atoms with Crippen LogP contribution in [-0.2, 0) is 6.54 Å². The van der Waals surface area contributed by atoms with Gasteiger partial charge in [0.05, 0.1) is 17.7 Å². The number of hydrogen-bond acceptors (Lipinski definition) is 5. The SMILES string of the molecule is CN1C(=O)c2ccc(NCc3nc(C4CC4)n[nH]3)cc2C1=O. The van der Waals surface area contributed by atoms with Gasteiger partial charge in [-0.15, -0.1) is 0 Å². The van der Waals surface area contributed by atoms with Gasteiger partial charge in [-0.3, -0.25) is 19.6 Å². The summed E-state index contributed by atoms with van der Waals surface area (Å²) in [5, 5.41) is 10.3. The number of carbonyl (C=O) groups excluding carboxylic acids is 2. The maximum Gasteiger partial charge on any atom is 0.261 e. The molecule has 2 N–H and O–H groups in total. The summed E-state index contributed by atoms with van der Waals surface area (Å²) in [5.41, 5.74) is 1.67. The van der Waals surface area contributed by atoms with E-state index in [9.17, 15) is 9.59 Å². The van der Waals surface area contributed by atoms with Gasteiger partial charge in [-0.2, -0.15) is 5.10 Å². The van der Waals surface area contributed by atoms with Crippen molar-refractivity contribution in [1.29, 1.82) is 0 Å². The second-order valence-electron chi connectivity index (χ2n) is 5.70. The largest absolute Gasteiger partial charge is 0.378 e. The summed E-state index contributed by atoms with van der Waals surface area (Å²) in [5.74, 6) is 1.65. The number of nitrogens with zero attached hydrogens (tertiary/aromatic N) is 3. The highest BCUT2D eigenvalue weighted by atomic mass is 16.2. The first kappa shape index (κ1) is 13.0. The predicted molar refractivity (Wildman–Crippen MR) is 78.6 cm³/mol. The van der Waals surface area contributed by atoms with Crippen LogP contribution in [0.1, 0.15) is 51.1 Å². The molecule has 1 aliphatic heterocycles. The second-order valence-corrected chi connectivity index (χ2v) is 5.70. The van der Waals surface area contributed by atoms with Crippen molar-refractivity contribution >= 4 is 17.5 Å². The van der Waals surface area contributed by atoms with Gasteiger partial charge in [0.1, 0.15) is 5.82 Å². The van der Waals surface area contributed by atoms with Gasteiger partial charge in [0, 0.05) is 18.7 Å². The van der Waals surface area contributed by atoms with Crippen LogP contribution in [-0.4, -0.2) is 38.9 Å². The lowest BCUT2D eigenvalue weighted by Crippen LogP contribution is -2.24. The Labute approximate surface area is 126 Å². The molecule has 2 aromatic rings. The zero-order valence-corrected chi connectivity index (χ0v) is 12.1. The number of hydrogen-bond donors (Lipinski definition) is 2. The van der Waals surface area contributed by atoms with Gasteiger partial charge in [-0.1, -0.05) is 0 Å². The van der Waals surface area contributed by atoms with E-state index < -0.39 is 0 Å². The highest BCUT2D eigenvalue weighted by Crippen LogP contribution is 2.37. The highest BCUT2D eigenvalue weighted by Gasteiger charge is 2.32. The van der Waals surface area contributed by atoms with Crippen LogP contribution in [0.25, 0.3) is 0 Å². The molecule has 1 aliphatic carbocycles. The fraction of sp³-hybridized carbons (Fsp3) is 0.333. The zero-order valence-electron chi connectivity index (χ0n) is 12.1. The molecule has 7 nitrogen and oxygen atoms in total. The average molecular weight is 297 g/mol. The normalized spacial score (nSPS) is 17.0. The molecule has 112 valence electrons. The number of benzene rings is 1. The van der Waals surface area contributed by atoms with E-state index in [2.05, 4.69) is 20.5 Å². The quantitative estimate of drug-likeness (QED) is 0.835. The van der Waals surface area contributed by atoms with E-state index in [-0.39, 0.29) is 11.8 Å². The average Bonchev–Trinajstić information content (AvgIpc) is 3.24. The maximum absolute atomic E-state index is 12.0. The van der Waals surface area contributed by atoms with E-state index in [0.717, 1.165) is 22.2 Å². The van der Waals surface area contributed by atoms with Crippen molar-refractivity contribution < 1.29 is 9.59 Å². The van der Waals surface area contributed by atoms with Gasteiger partial charge in [0.2, 0.25) is 0 Å². The Hall–Kier alpha value is -2.70. The molecule has 22 heavy (non-hydrogen) atoms. The highest BCUT2D eigenvalue weighted by molar-refractivity contribution is 6.21. The lowest BCUT2D eigenvalue weighted by atomic mass is 10.1. The molecule has 7 heteroatoms. The van der Waals surface area contributed by atoms with Crippen molar-refractivity contribution in [3.05, 3.63) is 41.0 Å². The van der Waals surface area contributed by atoms with Crippen LogP contribution in [0.4, 0.5) is 5.69 Å². The molecule has 1 aromatic heterocycles. The van der Waals surface area contributed by atoms with E-state index in [0.29, 0.717) is 23.6 Å². The number of nitrogens with one attached hydrogen (secondary N) is 2. The van der Waals surface area contributed by atoms with Crippen LogP contribution < -0.4 is 5.32 Å². The Morgan fingerprint density at radius 2 is 2.05 bits per heavy atom. The third-order valence-electron chi connectivity index (χ3n) is 4.04. The Bertz CT molecular complexity index is 778. The smallest absolute Gasteiger partial charge is 0.261 e. The fourth-order valence-corrected chi connectivity index (χ4v) is 2.57. The molecule has 4 rings (SSSR count). The molecule has 1 aromatic carbocycles. The summed E-state index contributed by atoms with van der Waals surface area (Å²) < 4.78 is 0. The first-order valence-electron chi connectivity index (χ1n) is 7.25. The maximum atomic E-state index is 12.0. The van der Waals surface area contributed by atoms with Crippen molar-refractivity contribution in [3.63, 3.8) is 0 Å². The first-order chi connectivity index (χ1) is 10.6. The van der Waals surface area contributed by atoms with E-state index in [4.69, 9.17) is 0 Å². The van der Waals surface area contributed by atoms with E-state index in [1.807, 2.05) is 0 Å². The number of fused-ring (bicyclic) bond motifs is 1. The summed E-state index contributed by atoms with van der Waals surface area (Å²) >= 11 is 0. The van der Waals surface area contributed by atoms with Crippen LogP contribution in [0, 0.1) is 0 Å². The van der Waals surface area contributed by atoms with Crippen LogP contribution >= 0.6 is 0 Å². The topological polar surface area (TPSA) is 91.0 Å². The minimum atomic E-state index is -0.265. The molecule has 0 unspecified atom stereocenters. The Morgan fingerprint density at radius 3 is 2.82 bits per heavy atom. The summed E-state index contributed by atoms with van der Waals surface area (Å²) in [6.07, 6.45) is 2.33. The number of aromatic amines is 1.